The number of halogens is 2. The minimum absolute atomic E-state index is 0.291. The average molecular weight is 364 g/mol. The van der Waals surface area contributed by atoms with Crippen molar-refractivity contribution in [1.29, 1.82) is 5.26 Å². The van der Waals surface area contributed by atoms with E-state index in [0.717, 1.165) is 10.9 Å². The van der Waals surface area contributed by atoms with Gasteiger partial charge in [0.1, 0.15) is 0 Å². The zero-order valence-corrected chi connectivity index (χ0v) is 11.9. The lowest BCUT2D eigenvalue weighted by atomic mass is 9.87. The van der Waals surface area contributed by atoms with Gasteiger partial charge in [0.2, 0.25) is 0 Å². The van der Waals surface area contributed by atoms with Gasteiger partial charge < -0.3 is 0 Å². The van der Waals surface area contributed by atoms with E-state index in [9.17, 15) is 0 Å². The predicted octanol–water partition coefficient (Wildman–Crippen LogP) is 4.15. The maximum Gasteiger partial charge on any atom is 0.0687 e. The van der Waals surface area contributed by atoms with Crippen molar-refractivity contribution in [2.75, 3.05) is 0 Å². The highest BCUT2D eigenvalue weighted by Gasteiger charge is 2.18. The van der Waals surface area contributed by atoms with Gasteiger partial charge in [0.25, 0.3) is 0 Å². The number of nitrogens with zero attached hydrogens (tertiary/aromatic N) is 1. The molecule has 0 radical (unpaired) electrons. The first-order valence-electron chi connectivity index (χ1n) is 4.30. The Kier molecular flexibility index (Phi) is 3.96. The van der Waals surface area contributed by atoms with Gasteiger partial charge in [-0.3, -0.25) is 0 Å². The Bertz CT molecular complexity index is 379. The van der Waals surface area contributed by atoms with Crippen LogP contribution in [0.1, 0.15) is 19.4 Å². The molecule has 3 heteroatoms. The summed E-state index contributed by atoms with van der Waals surface area (Å²) in [6.07, 6.45) is 0.793. The summed E-state index contributed by atoms with van der Waals surface area (Å²) in [5.41, 5.74) is 0.937. The molecule has 0 aliphatic heterocycles. The van der Waals surface area contributed by atoms with Crippen molar-refractivity contribution in [3.63, 3.8) is 0 Å². The summed E-state index contributed by atoms with van der Waals surface area (Å²) in [6.45, 7) is 3.92. The average Bonchev–Trinajstić information content (AvgIpc) is 2.11. The molecule has 0 heterocycles. The quantitative estimate of drug-likeness (QED) is 0.724. The molecule has 1 aromatic rings. The molecule has 1 rings (SSSR count). The van der Waals surface area contributed by atoms with Gasteiger partial charge in [-0.15, -0.1) is 0 Å². The van der Waals surface area contributed by atoms with Crippen LogP contribution in [0.4, 0.5) is 0 Å². The zero-order chi connectivity index (χ0) is 10.8. The molecule has 0 atom stereocenters. The summed E-state index contributed by atoms with van der Waals surface area (Å²) in [5.74, 6) is 0. The van der Waals surface area contributed by atoms with Gasteiger partial charge in [-0.25, -0.2) is 0 Å². The highest BCUT2D eigenvalue weighted by Crippen LogP contribution is 2.26. The van der Waals surface area contributed by atoms with Crippen molar-refractivity contribution in [2.45, 2.75) is 20.3 Å². The molecule has 0 unspecified atom stereocenters. The van der Waals surface area contributed by atoms with E-state index in [1.807, 2.05) is 19.9 Å². The normalized spacial score (nSPS) is 11.1. The van der Waals surface area contributed by atoms with Crippen LogP contribution in [0, 0.1) is 20.3 Å². The van der Waals surface area contributed by atoms with Crippen LogP contribution in [0.15, 0.2) is 22.7 Å². The van der Waals surface area contributed by atoms with Crippen molar-refractivity contribution in [2.24, 2.45) is 5.41 Å². The lowest BCUT2D eigenvalue weighted by molar-refractivity contribution is 0.492. The molecule has 0 amide bonds. The summed E-state index contributed by atoms with van der Waals surface area (Å²) < 4.78 is 2.29. The van der Waals surface area contributed by atoms with Gasteiger partial charge in [-0.05, 0) is 66.6 Å². The van der Waals surface area contributed by atoms with E-state index < -0.39 is 0 Å². The Morgan fingerprint density at radius 3 is 2.71 bits per heavy atom. The van der Waals surface area contributed by atoms with Crippen LogP contribution >= 0.6 is 38.5 Å². The topological polar surface area (TPSA) is 23.8 Å². The first kappa shape index (κ1) is 12.0. The molecule has 0 bridgehead atoms. The Morgan fingerprint density at radius 2 is 2.14 bits per heavy atom. The van der Waals surface area contributed by atoms with Gasteiger partial charge in [-0.2, -0.15) is 5.26 Å². The van der Waals surface area contributed by atoms with E-state index in [4.69, 9.17) is 5.26 Å². The molecule has 0 saturated heterocycles. The SMILES string of the molecule is CC(C)(C#N)Cc1cc(Br)ccc1I. The molecule has 0 aliphatic rings. The number of benzene rings is 1. The second-order valence-electron chi connectivity index (χ2n) is 3.91. The van der Waals surface area contributed by atoms with E-state index >= 15 is 0 Å². The van der Waals surface area contributed by atoms with Gasteiger partial charge in [0.05, 0.1) is 11.5 Å². The second kappa shape index (κ2) is 4.63. The summed E-state index contributed by atoms with van der Waals surface area (Å²) >= 11 is 5.74. The maximum absolute atomic E-state index is 8.95. The monoisotopic (exact) mass is 363 g/mol. The minimum atomic E-state index is -0.291. The molecule has 0 aromatic heterocycles. The summed E-state index contributed by atoms with van der Waals surface area (Å²) in [6, 6.07) is 8.48. The number of hydrogen-bond donors (Lipinski definition) is 0. The number of nitriles is 1. The summed E-state index contributed by atoms with van der Waals surface area (Å²) in [5, 5.41) is 8.95. The lowest BCUT2D eigenvalue weighted by Crippen LogP contribution is -2.12. The van der Waals surface area contributed by atoms with Crippen LogP contribution in [0.25, 0.3) is 0 Å². The van der Waals surface area contributed by atoms with Gasteiger partial charge in [0, 0.05) is 8.04 Å². The van der Waals surface area contributed by atoms with Crippen LogP contribution in [0.2, 0.25) is 0 Å². The van der Waals surface area contributed by atoms with Crippen molar-refractivity contribution < 1.29 is 0 Å². The zero-order valence-electron chi connectivity index (χ0n) is 8.14. The van der Waals surface area contributed by atoms with Crippen LogP contribution in [-0.2, 0) is 6.42 Å². The first-order chi connectivity index (χ1) is 6.44. The molecule has 1 nitrogen and oxygen atoms in total. The van der Waals surface area contributed by atoms with Crippen LogP contribution < -0.4 is 0 Å². The maximum atomic E-state index is 8.95. The molecule has 0 aliphatic carbocycles. The summed E-state index contributed by atoms with van der Waals surface area (Å²) in [7, 11) is 0. The molecule has 0 saturated carbocycles. The molecular formula is C11H11BrIN. The molecule has 0 fully saturated rings. The van der Waals surface area contributed by atoms with Gasteiger partial charge in [-0.1, -0.05) is 15.9 Å². The molecule has 14 heavy (non-hydrogen) atoms. The third-order valence-corrected chi connectivity index (χ3v) is 3.49. The molecular weight excluding hydrogens is 353 g/mol. The Morgan fingerprint density at radius 1 is 1.50 bits per heavy atom. The fourth-order valence-corrected chi connectivity index (χ4v) is 2.13. The minimum Gasteiger partial charge on any atom is -0.198 e. The fourth-order valence-electron chi connectivity index (χ4n) is 1.19. The highest BCUT2D eigenvalue weighted by molar-refractivity contribution is 14.1. The third-order valence-electron chi connectivity index (χ3n) is 1.94. The summed E-state index contributed by atoms with van der Waals surface area (Å²) in [4.78, 5) is 0. The number of hydrogen-bond acceptors (Lipinski definition) is 1. The van der Waals surface area contributed by atoms with E-state index in [1.54, 1.807) is 0 Å². The van der Waals surface area contributed by atoms with Crippen LogP contribution in [0.5, 0.6) is 0 Å². The van der Waals surface area contributed by atoms with E-state index in [2.05, 4.69) is 56.7 Å². The van der Waals surface area contributed by atoms with E-state index in [1.165, 1.54) is 9.13 Å². The van der Waals surface area contributed by atoms with Crippen molar-refractivity contribution in [1.82, 2.24) is 0 Å². The van der Waals surface area contributed by atoms with E-state index in [0.29, 0.717) is 0 Å². The first-order valence-corrected chi connectivity index (χ1v) is 6.17. The standard InChI is InChI=1S/C11H11BrIN/c1-11(2,7-14)6-8-5-9(12)3-4-10(8)13/h3-5H,6H2,1-2H3. The molecule has 0 spiro atoms. The molecule has 1 aromatic carbocycles. The number of rotatable bonds is 2. The van der Waals surface area contributed by atoms with Crippen LogP contribution in [0.3, 0.4) is 0 Å². The highest BCUT2D eigenvalue weighted by atomic mass is 127. The van der Waals surface area contributed by atoms with Crippen LogP contribution in [-0.4, -0.2) is 0 Å². The Balaban J connectivity index is 2.98. The van der Waals surface area contributed by atoms with Gasteiger partial charge >= 0.3 is 0 Å². The van der Waals surface area contributed by atoms with Gasteiger partial charge in [0.15, 0.2) is 0 Å². The third kappa shape index (κ3) is 3.25. The second-order valence-corrected chi connectivity index (χ2v) is 5.99. The molecule has 0 N–H and O–H groups in total. The fraction of sp³-hybridized carbons (Fsp3) is 0.364. The van der Waals surface area contributed by atoms with Crippen molar-refractivity contribution >= 4 is 38.5 Å². The van der Waals surface area contributed by atoms with E-state index in [-0.39, 0.29) is 5.41 Å². The van der Waals surface area contributed by atoms with Crippen molar-refractivity contribution in [3.05, 3.63) is 31.8 Å². The lowest BCUT2D eigenvalue weighted by Gasteiger charge is -2.16. The van der Waals surface area contributed by atoms with Crippen molar-refractivity contribution in [3.8, 4) is 6.07 Å². The molecule has 74 valence electrons. The largest absolute Gasteiger partial charge is 0.198 e. The smallest absolute Gasteiger partial charge is 0.0687 e. The Labute approximate surface area is 107 Å². The predicted molar refractivity (Wildman–Crippen MR) is 70.0 cm³/mol. The Hall–Kier alpha value is -0.0800.